The third-order valence-corrected chi connectivity index (χ3v) is 4.96. The van der Waals surface area contributed by atoms with E-state index in [0.717, 1.165) is 10.6 Å². The predicted octanol–water partition coefficient (Wildman–Crippen LogP) is 3.09. The molecule has 0 saturated carbocycles. The molecule has 0 aliphatic rings. The van der Waals surface area contributed by atoms with E-state index in [9.17, 15) is 9.59 Å². The fourth-order valence-electron chi connectivity index (χ4n) is 2.46. The van der Waals surface area contributed by atoms with E-state index in [1.165, 1.54) is 39.0 Å². The molecular formula is C21H25NO6S. The number of rotatable bonds is 10. The van der Waals surface area contributed by atoms with E-state index in [1.807, 2.05) is 31.2 Å². The number of hydrogen-bond donors (Lipinski definition) is 1. The van der Waals surface area contributed by atoms with Crippen LogP contribution in [0.4, 0.5) is 0 Å². The summed E-state index contributed by atoms with van der Waals surface area (Å²) in [5.74, 6) is 0.724. The number of ether oxygens (including phenoxy) is 4. The molecule has 0 aliphatic carbocycles. The lowest BCUT2D eigenvalue weighted by Crippen LogP contribution is -2.30. The van der Waals surface area contributed by atoms with Crippen molar-refractivity contribution in [2.24, 2.45) is 0 Å². The number of thioether (sulfide) groups is 1. The second kappa shape index (κ2) is 11.2. The lowest BCUT2D eigenvalue weighted by atomic mass is 10.2. The minimum Gasteiger partial charge on any atom is -0.493 e. The molecule has 29 heavy (non-hydrogen) atoms. The zero-order chi connectivity index (χ0) is 21.2. The number of carbonyl (C=O) groups is 2. The van der Waals surface area contributed by atoms with Crippen LogP contribution in [0, 0.1) is 6.92 Å². The van der Waals surface area contributed by atoms with Gasteiger partial charge >= 0.3 is 5.97 Å². The maximum Gasteiger partial charge on any atom is 0.338 e. The fourth-order valence-corrected chi connectivity index (χ4v) is 3.23. The Kier molecular flexibility index (Phi) is 8.67. The minimum atomic E-state index is -0.659. The minimum absolute atomic E-state index is 0.197. The highest BCUT2D eigenvalue weighted by atomic mass is 32.2. The van der Waals surface area contributed by atoms with Gasteiger partial charge < -0.3 is 24.3 Å². The monoisotopic (exact) mass is 419 g/mol. The first-order chi connectivity index (χ1) is 14.0. The summed E-state index contributed by atoms with van der Waals surface area (Å²) < 4.78 is 20.7. The molecule has 0 saturated heterocycles. The smallest absolute Gasteiger partial charge is 0.338 e. The highest BCUT2D eigenvalue weighted by molar-refractivity contribution is 7.99. The molecule has 7 nitrogen and oxygen atoms in total. The molecule has 8 heteroatoms. The Bertz CT molecular complexity index is 813. The molecule has 1 amide bonds. The molecule has 1 N–H and O–H groups in total. The van der Waals surface area contributed by atoms with Gasteiger partial charge in [0.05, 0.1) is 26.9 Å². The molecule has 0 aromatic heterocycles. The van der Waals surface area contributed by atoms with E-state index < -0.39 is 5.97 Å². The zero-order valence-corrected chi connectivity index (χ0v) is 17.8. The number of aryl methyl sites for hydroxylation is 1. The SMILES string of the molecule is COc1cc(C(=O)OCC(=O)NCCSc2ccc(C)cc2)cc(OC)c1OC. The summed E-state index contributed by atoms with van der Waals surface area (Å²) in [5.41, 5.74) is 1.40. The van der Waals surface area contributed by atoms with Crippen LogP contribution in [-0.4, -0.2) is 52.1 Å². The van der Waals surface area contributed by atoms with Crippen molar-refractivity contribution in [3.63, 3.8) is 0 Å². The summed E-state index contributed by atoms with van der Waals surface area (Å²) in [5, 5.41) is 2.73. The Hall–Kier alpha value is -2.87. The Morgan fingerprint density at radius 2 is 1.59 bits per heavy atom. The first-order valence-electron chi connectivity index (χ1n) is 8.91. The highest BCUT2D eigenvalue weighted by Crippen LogP contribution is 2.38. The standard InChI is InChI=1S/C21H25NO6S/c1-14-5-7-16(8-6-14)29-10-9-22-19(23)13-28-21(24)15-11-17(25-2)20(27-4)18(12-15)26-3/h5-8,11-12H,9-10,13H2,1-4H3,(H,22,23). The van der Waals surface area contributed by atoms with Crippen molar-refractivity contribution in [3.8, 4) is 17.2 Å². The molecule has 0 fully saturated rings. The molecule has 2 aromatic rings. The summed E-state index contributed by atoms with van der Waals surface area (Å²) in [6, 6.07) is 11.1. The van der Waals surface area contributed by atoms with E-state index in [0.29, 0.717) is 23.8 Å². The van der Waals surface area contributed by atoms with Crippen molar-refractivity contribution in [1.29, 1.82) is 0 Å². The number of benzene rings is 2. The molecule has 0 atom stereocenters. The van der Waals surface area contributed by atoms with Crippen LogP contribution < -0.4 is 19.5 Å². The number of esters is 1. The largest absolute Gasteiger partial charge is 0.493 e. The first-order valence-corrected chi connectivity index (χ1v) is 9.90. The van der Waals surface area contributed by atoms with E-state index in [1.54, 1.807) is 11.8 Å². The lowest BCUT2D eigenvalue weighted by Gasteiger charge is -2.13. The molecule has 2 aromatic carbocycles. The summed E-state index contributed by atoms with van der Waals surface area (Å²) in [4.78, 5) is 25.3. The van der Waals surface area contributed by atoms with Crippen molar-refractivity contribution in [2.75, 3.05) is 40.2 Å². The average molecular weight is 419 g/mol. The van der Waals surface area contributed by atoms with E-state index in [2.05, 4.69) is 5.32 Å². The van der Waals surface area contributed by atoms with Crippen LogP contribution in [0.15, 0.2) is 41.3 Å². The highest BCUT2D eigenvalue weighted by Gasteiger charge is 2.18. The number of amides is 1. The van der Waals surface area contributed by atoms with Gasteiger partial charge in [-0.05, 0) is 31.2 Å². The lowest BCUT2D eigenvalue weighted by molar-refractivity contribution is -0.124. The fraction of sp³-hybridized carbons (Fsp3) is 0.333. The predicted molar refractivity (Wildman–Crippen MR) is 111 cm³/mol. The molecule has 0 spiro atoms. The van der Waals surface area contributed by atoms with Crippen LogP contribution in [0.2, 0.25) is 0 Å². The van der Waals surface area contributed by atoms with Gasteiger partial charge in [0, 0.05) is 17.2 Å². The Labute approximate surface area is 174 Å². The van der Waals surface area contributed by atoms with Gasteiger partial charge in [-0.3, -0.25) is 4.79 Å². The molecule has 2 rings (SSSR count). The van der Waals surface area contributed by atoms with Gasteiger partial charge in [0.15, 0.2) is 18.1 Å². The molecular weight excluding hydrogens is 394 g/mol. The van der Waals surface area contributed by atoms with E-state index >= 15 is 0 Å². The van der Waals surface area contributed by atoms with Crippen LogP contribution in [0.5, 0.6) is 17.2 Å². The zero-order valence-electron chi connectivity index (χ0n) is 16.9. The summed E-state index contributed by atoms with van der Waals surface area (Å²) >= 11 is 1.64. The molecule has 0 radical (unpaired) electrons. The van der Waals surface area contributed by atoms with Crippen molar-refractivity contribution < 1.29 is 28.5 Å². The van der Waals surface area contributed by atoms with Crippen molar-refractivity contribution in [2.45, 2.75) is 11.8 Å². The van der Waals surface area contributed by atoms with Crippen LogP contribution in [0.1, 0.15) is 15.9 Å². The molecule has 0 bridgehead atoms. The Morgan fingerprint density at radius 1 is 0.966 bits per heavy atom. The number of nitrogens with one attached hydrogen (secondary N) is 1. The van der Waals surface area contributed by atoms with Crippen LogP contribution in [-0.2, 0) is 9.53 Å². The van der Waals surface area contributed by atoms with Crippen molar-refractivity contribution in [1.82, 2.24) is 5.32 Å². The summed E-state index contributed by atoms with van der Waals surface area (Å²) in [7, 11) is 4.38. The quantitative estimate of drug-likeness (QED) is 0.360. The average Bonchev–Trinajstić information content (AvgIpc) is 2.75. The molecule has 0 aliphatic heterocycles. The van der Waals surface area contributed by atoms with Gasteiger partial charge in [0.25, 0.3) is 5.91 Å². The first kappa shape index (κ1) is 22.4. The maximum atomic E-state index is 12.3. The van der Waals surface area contributed by atoms with Crippen molar-refractivity contribution in [3.05, 3.63) is 47.5 Å². The van der Waals surface area contributed by atoms with Crippen LogP contribution in [0.3, 0.4) is 0 Å². The second-order valence-corrected chi connectivity index (χ2v) is 7.17. The van der Waals surface area contributed by atoms with Gasteiger partial charge in [0.2, 0.25) is 5.75 Å². The molecule has 0 heterocycles. The Morgan fingerprint density at radius 3 is 2.14 bits per heavy atom. The maximum absolute atomic E-state index is 12.3. The summed E-state index contributed by atoms with van der Waals surface area (Å²) in [6.45, 7) is 2.14. The topological polar surface area (TPSA) is 83.1 Å². The van der Waals surface area contributed by atoms with Gasteiger partial charge in [-0.25, -0.2) is 4.79 Å². The van der Waals surface area contributed by atoms with Crippen molar-refractivity contribution >= 4 is 23.6 Å². The van der Waals surface area contributed by atoms with Crippen LogP contribution in [0.25, 0.3) is 0 Å². The van der Waals surface area contributed by atoms with Crippen LogP contribution >= 0.6 is 11.8 Å². The van der Waals surface area contributed by atoms with Gasteiger partial charge in [-0.15, -0.1) is 11.8 Å². The van der Waals surface area contributed by atoms with Gasteiger partial charge in [-0.1, -0.05) is 17.7 Å². The Balaban J connectivity index is 1.80. The van der Waals surface area contributed by atoms with E-state index in [4.69, 9.17) is 18.9 Å². The van der Waals surface area contributed by atoms with E-state index in [-0.39, 0.29) is 18.1 Å². The number of methoxy groups -OCH3 is 3. The van der Waals surface area contributed by atoms with Gasteiger partial charge in [0.1, 0.15) is 0 Å². The summed E-state index contributed by atoms with van der Waals surface area (Å²) in [6.07, 6.45) is 0. The molecule has 0 unspecified atom stereocenters. The van der Waals surface area contributed by atoms with Gasteiger partial charge in [-0.2, -0.15) is 0 Å². The number of hydrogen-bond acceptors (Lipinski definition) is 7. The second-order valence-electron chi connectivity index (χ2n) is 6.00. The third-order valence-electron chi connectivity index (χ3n) is 3.95. The number of carbonyl (C=O) groups excluding carboxylic acids is 2. The molecule has 156 valence electrons. The third kappa shape index (κ3) is 6.60. The normalized spacial score (nSPS) is 10.2.